The number of carbonyl (C=O) groups is 1. The number of amides is 1. The number of aliphatic hydroxyl groups is 1. The molecule has 0 saturated carbocycles. The molecule has 0 radical (unpaired) electrons. The summed E-state index contributed by atoms with van der Waals surface area (Å²) in [6.07, 6.45) is 0.536. The van der Waals surface area contributed by atoms with Crippen molar-refractivity contribution in [3.8, 4) is 0 Å². The van der Waals surface area contributed by atoms with Crippen LogP contribution in [-0.2, 0) is 4.79 Å². The highest BCUT2D eigenvalue weighted by atomic mass is 32.2. The highest BCUT2D eigenvalue weighted by Gasteiger charge is 2.38. The molecule has 0 bridgehead atoms. The van der Waals surface area contributed by atoms with Gasteiger partial charge in [-0.25, -0.2) is 0 Å². The minimum absolute atomic E-state index is 0.140. The second-order valence-corrected chi connectivity index (χ2v) is 6.33. The molecule has 0 aromatic heterocycles. The zero-order valence-electron chi connectivity index (χ0n) is 10.8. The van der Waals surface area contributed by atoms with Gasteiger partial charge in [-0.05, 0) is 26.0 Å². The average molecular weight is 265 g/mol. The Balaban J connectivity index is 1.69. The Labute approximate surface area is 112 Å². The molecule has 0 atom stereocenters. The minimum Gasteiger partial charge on any atom is -0.386 e. The second-order valence-electron chi connectivity index (χ2n) is 5.16. The first-order valence-corrected chi connectivity index (χ1v) is 7.14. The smallest absolute Gasteiger partial charge is 0.223 e. The number of hydrogen-bond acceptors (Lipinski definition) is 3. The van der Waals surface area contributed by atoms with Gasteiger partial charge < -0.3 is 10.0 Å². The lowest BCUT2D eigenvalue weighted by molar-refractivity contribution is -0.151. The summed E-state index contributed by atoms with van der Waals surface area (Å²) < 4.78 is 0. The van der Waals surface area contributed by atoms with Gasteiger partial charge >= 0.3 is 0 Å². The summed E-state index contributed by atoms with van der Waals surface area (Å²) in [4.78, 5) is 14.7. The lowest BCUT2D eigenvalue weighted by Gasteiger charge is -2.44. The molecule has 98 valence electrons. The van der Waals surface area contributed by atoms with Crippen molar-refractivity contribution < 1.29 is 9.90 Å². The lowest BCUT2D eigenvalue weighted by Crippen LogP contribution is -2.61. The third-order valence-corrected chi connectivity index (χ3v) is 4.04. The number of nitrogens with zero attached hydrogens (tertiary/aromatic N) is 1. The molecule has 4 heteroatoms. The number of benzene rings is 1. The molecule has 1 N–H and O–H groups in total. The Hall–Kier alpha value is -1.00. The van der Waals surface area contributed by atoms with Crippen LogP contribution in [0.2, 0.25) is 0 Å². The van der Waals surface area contributed by atoms with Crippen LogP contribution in [0, 0.1) is 6.92 Å². The number of thioether (sulfide) groups is 1. The van der Waals surface area contributed by atoms with E-state index in [0.29, 0.717) is 19.5 Å². The zero-order chi connectivity index (χ0) is 13.2. The Morgan fingerprint density at radius 2 is 2.00 bits per heavy atom. The number of hydrogen-bond donors (Lipinski definition) is 1. The fourth-order valence-electron chi connectivity index (χ4n) is 2.00. The fourth-order valence-corrected chi connectivity index (χ4v) is 2.84. The predicted octanol–water partition coefficient (Wildman–Crippen LogP) is 2.07. The maximum atomic E-state index is 11.8. The van der Waals surface area contributed by atoms with Crippen LogP contribution in [0.25, 0.3) is 0 Å². The van der Waals surface area contributed by atoms with Crippen LogP contribution in [0.3, 0.4) is 0 Å². The van der Waals surface area contributed by atoms with Gasteiger partial charge in [-0.3, -0.25) is 4.79 Å². The third-order valence-electron chi connectivity index (χ3n) is 3.02. The van der Waals surface area contributed by atoms with Crippen molar-refractivity contribution in [3.05, 3.63) is 29.8 Å². The van der Waals surface area contributed by atoms with Gasteiger partial charge in [-0.1, -0.05) is 17.7 Å². The van der Waals surface area contributed by atoms with Crippen LogP contribution in [0.5, 0.6) is 0 Å². The van der Waals surface area contributed by atoms with Crippen molar-refractivity contribution in [2.75, 3.05) is 18.8 Å². The third kappa shape index (κ3) is 3.50. The Bertz CT molecular complexity index is 420. The maximum absolute atomic E-state index is 11.8. The van der Waals surface area contributed by atoms with E-state index >= 15 is 0 Å². The van der Waals surface area contributed by atoms with E-state index < -0.39 is 5.60 Å². The first-order chi connectivity index (χ1) is 8.46. The molecular formula is C14H19NO2S. The van der Waals surface area contributed by atoms with E-state index in [1.54, 1.807) is 23.6 Å². The van der Waals surface area contributed by atoms with E-state index in [1.807, 2.05) is 0 Å². The van der Waals surface area contributed by atoms with Crippen LogP contribution < -0.4 is 0 Å². The number of likely N-dealkylation sites (tertiary alicyclic amines) is 1. The van der Waals surface area contributed by atoms with Gasteiger partial charge in [-0.2, -0.15) is 0 Å². The Morgan fingerprint density at radius 3 is 2.56 bits per heavy atom. The molecule has 0 unspecified atom stereocenters. The van der Waals surface area contributed by atoms with E-state index in [2.05, 4.69) is 31.2 Å². The molecule has 2 rings (SSSR count). The molecule has 1 saturated heterocycles. The van der Waals surface area contributed by atoms with Crippen molar-refractivity contribution in [3.63, 3.8) is 0 Å². The van der Waals surface area contributed by atoms with E-state index in [1.165, 1.54) is 10.5 Å². The highest BCUT2D eigenvalue weighted by Crippen LogP contribution is 2.23. The largest absolute Gasteiger partial charge is 0.386 e. The summed E-state index contributed by atoms with van der Waals surface area (Å²) in [7, 11) is 0. The van der Waals surface area contributed by atoms with E-state index in [4.69, 9.17) is 0 Å². The van der Waals surface area contributed by atoms with Gasteiger partial charge in [0, 0.05) is 17.1 Å². The molecule has 0 aliphatic carbocycles. The quantitative estimate of drug-likeness (QED) is 0.847. The highest BCUT2D eigenvalue weighted by molar-refractivity contribution is 7.99. The summed E-state index contributed by atoms with van der Waals surface area (Å²) in [5.41, 5.74) is 0.581. The first-order valence-electron chi connectivity index (χ1n) is 6.16. The maximum Gasteiger partial charge on any atom is 0.223 e. The summed E-state index contributed by atoms with van der Waals surface area (Å²) in [5, 5.41) is 9.56. The van der Waals surface area contributed by atoms with Gasteiger partial charge in [0.25, 0.3) is 0 Å². The van der Waals surface area contributed by atoms with Gasteiger partial charge in [0.15, 0.2) is 0 Å². The van der Waals surface area contributed by atoms with Crippen LogP contribution in [-0.4, -0.2) is 40.4 Å². The Morgan fingerprint density at radius 1 is 1.39 bits per heavy atom. The topological polar surface area (TPSA) is 40.5 Å². The van der Waals surface area contributed by atoms with E-state index in [0.717, 1.165) is 5.75 Å². The van der Waals surface area contributed by atoms with Crippen molar-refractivity contribution in [1.29, 1.82) is 0 Å². The summed E-state index contributed by atoms with van der Waals surface area (Å²) >= 11 is 1.70. The Kier molecular flexibility index (Phi) is 3.97. The molecule has 1 aromatic rings. The number of carbonyl (C=O) groups excluding carboxylic acids is 1. The van der Waals surface area contributed by atoms with E-state index in [9.17, 15) is 9.90 Å². The molecule has 1 aromatic carbocycles. The minimum atomic E-state index is -0.667. The molecule has 1 aliphatic heterocycles. The number of rotatable bonds is 4. The molecule has 1 heterocycles. The normalized spacial score (nSPS) is 17.4. The van der Waals surface area contributed by atoms with Crippen LogP contribution in [0.4, 0.5) is 0 Å². The van der Waals surface area contributed by atoms with Gasteiger partial charge in [0.2, 0.25) is 5.91 Å². The monoisotopic (exact) mass is 265 g/mol. The first kappa shape index (κ1) is 13.4. The predicted molar refractivity (Wildman–Crippen MR) is 73.7 cm³/mol. The van der Waals surface area contributed by atoms with Crippen LogP contribution in [0.1, 0.15) is 18.9 Å². The second kappa shape index (κ2) is 5.33. The van der Waals surface area contributed by atoms with Crippen LogP contribution >= 0.6 is 11.8 Å². The van der Waals surface area contributed by atoms with E-state index in [-0.39, 0.29) is 5.91 Å². The zero-order valence-corrected chi connectivity index (χ0v) is 11.7. The molecule has 1 aliphatic rings. The van der Waals surface area contributed by atoms with Crippen LogP contribution in [0.15, 0.2) is 29.2 Å². The molecule has 0 spiro atoms. The van der Waals surface area contributed by atoms with Gasteiger partial charge in [0.05, 0.1) is 18.7 Å². The molecule has 1 fully saturated rings. The lowest BCUT2D eigenvalue weighted by atomic mass is 9.97. The fraction of sp³-hybridized carbons (Fsp3) is 0.500. The molecule has 3 nitrogen and oxygen atoms in total. The average Bonchev–Trinajstić information content (AvgIpc) is 2.28. The summed E-state index contributed by atoms with van der Waals surface area (Å²) in [6.45, 7) is 4.77. The van der Waals surface area contributed by atoms with Crippen molar-refractivity contribution in [1.82, 2.24) is 4.90 Å². The van der Waals surface area contributed by atoms with Crippen molar-refractivity contribution >= 4 is 17.7 Å². The van der Waals surface area contributed by atoms with Gasteiger partial charge in [-0.15, -0.1) is 11.8 Å². The summed E-state index contributed by atoms with van der Waals surface area (Å²) in [6, 6.07) is 8.32. The molecule has 18 heavy (non-hydrogen) atoms. The van der Waals surface area contributed by atoms with Crippen molar-refractivity contribution in [2.24, 2.45) is 0 Å². The standard InChI is InChI=1S/C14H19NO2S/c1-11-3-5-12(6-4-11)18-8-7-13(16)15-9-14(2,17)10-15/h3-6,17H,7-10H2,1-2H3. The molecular weight excluding hydrogens is 246 g/mol. The van der Waals surface area contributed by atoms with Crippen molar-refractivity contribution in [2.45, 2.75) is 30.8 Å². The SMILES string of the molecule is Cc1ccc(SCCC(=O)N2CC(C)(O)C2)cc1. The number of aryl methyl sites for hydroxylation is 1. The summed E-state index contributed by atoms with van der Waals surface area (Å²) in [5.74, 6) is 0.932. The van der Waals surface area contributed by atoms with Gasteiger partial charge in [0.1, 0.15) is 0 Å². The number of β-amino-alcohol motifs (C(OH)–C–C–N with tert-alkyl or cyclic N) is 1. The molecule has 1 amide bonds.